The number of likely N-dealkylation sites (N-methyl/N-ethyl adjacent to an activating group) is 1. The van der Waals surface area contributed by atoms with Crippen molar-refractivity contribution in [2.75, 3.05) is 25.3 Å². The largest absolute Gasteiger partial charge is 0.454 e. The van der Waals surface area contributed by atoms with Gasteiger partial charge in [0.2, 0.25) is 18.6 Å². The van der Waals surface area contributed by atoms with Crippen molar-refractivity contribution < 1.29 is 19.1 Å². The highest BCUT2D eigenvalue weighted by molar-refractivity contribution is 5.95. The number of fused-ring (bicyclic) bond motifs is 1. The molecule has 6 heteroatoms. The summed E-state index contributed by atoms with van der Waals surface area (Å²) in [5.74, 6) is 1.67. The summed E-state index contributed by atoms with van der Waals surface area (Å²) < 4.78 is 10.7. The third-order valence-corrected chi connectivity index (χ3v) is 4.96. The van der Waals surface area contributed by atoms with Gasteiger partial charge in [0.25, 0.3) is 0 Å². The normalized spacial score (nSPS) is 15.3. The lowest BCUT2D eigenvalue weighted by Gasteiger charge is -2.18. The van der Waals surface area contributed by atoms with Crippen LogP contribution in [0.4, 0.5) is 5.69 Å². The van der Waals surface area contributed by atoms with Crippen LogP contribution in [0.15, 0.2) is 42.5 Å². The average molecular weight is 366 g/mol. The number of hydrogen-bond acceptors (Lipinski definition) is 4. The highest BCUT2D eigenvalue weighted by Crippen LogP contribution is 2.32. The van der Waals surface area contributed by atoms with E-state index in [-0.39, 0.29) is 18.6 Å². The smallest absolute Gasteiger partial charge is 0.231 e. The molecule has 0 spiro atoms. The van der Waals surface area contributed by atoms with Gasteiger partial charge in [0.15, 0.2) is 11.5 Å². The first kappa shape index (κ1) is 17.4. The van der Waals surface area contributed by atoms with E-state index in [1.807, 2.05) is 42.5 Å². The first-order valence-electron chi connectivity index (χ1n) is 9.12. The van der Waals surface area contributed by atoms with Crippen molar-refractivity contribution in [1.29, 1.82) is 0 Å². The van der Waals surface area contributed by atoms with Crippen LogP contribution in [0, 0.1) is 0 Å². The molecule has 0 saturated carbocycles. The van der Waals surface area contributed by atoms with Crippen molar-refractivity contribution in [3.8, 4) is 11.5 Å². The van der Waals surface area contributed by atoms with Gasteiger partial charge in [-0.1, -0.05) is 18.2 Å². The standard InChI is InChI=1S/C21H22N2O4/c1-22(13-16-6-9-18-19(11-16)27-14-26-18)21(25)12-15-4-7-17(8-5-15)23-10-2-3-20(23)24/h4-9,11H,2-3,10,12-14H2,1H3. The van der Waals surface area contributed by atoms with Crippen LogP contribution in [0.5, 0.6) is 11.5 Å². The molecule has 2 aliphatic heterocycles. The van der Waals surface area contributed by atoms with Gasteiger partial charge in [-0.15, -0.1) is 0 Å². The molecule has 0 bridgehead atoms. The van der Waals surface area contributed by atoms with Gasteiger partial charge in [-0.05, 0) is 41.8 Å². The first-order valence-corrected chi connectivity index (χ1v) is 9.12. The summed E-state index contributed by atoms with van der Waals surface area (Å²) in [6.45, 7) is 1.53. The molecule has 2 aromatic rings. The third kappa shape index (κ3) is 3.74. The van der Waals surface area contributed by atoms with Gasteiger partial charge >= 0.3 is 0 Å². The number of rotatable bonds is 5. The summed E-state index contributed by atoms with van der Waals surface area (Å²) >= 11 is 0. The minimum absolute atomic E-state index is 0.0395. The molecule has 2 heterocycles. The highest BCUT2D eigenvalue weighted by Gasteiger charge is 2.21. The summed E-state index contributed by atoms with van der Waals surface area (Å²) in [7, 11) is 1.80. The van der Waals surface area contributed by atoms with E-state index in [0.717, 1.165) is 41.3 Å². The molecule has 2 amide bonds. The Balaban J connectivity index is 1.36. The summed E-state index contributed by atoms with van der Waals surface area (Å²) in [6.07, 6.45) is 1.85. The number of anilines is 1. The van der Waals surface area contributed by atoms with E-state index < -0.39 is 0 Å². The number of hydrogen-bond donors (Lipinski definition) is 0. The van der Waals surface area contributed by atoms with Crippen LogP contribution in [0.1, 0.15) is 24.0 Å². The van der Waals surface area contributed by atoms with Crippen LogP contribution in [-0.4, -0.2) is 37.1 Å². The second-order valence-electron chi connectivity index (χ2n) is 6.93. The van der Waals surface area contributed by atoms with E-state index in [1.54, 1.807) is 16.8 Å². The van der Waals surface area contributed by atoms with Gasteiger partial charge in [-0.3, -0.25) is 9.59 Å². The number of carbonyl (C=O) groups is 2. The fourth-order valence-corrected chi connectivity index (χ4v) is 3.43. The Morgan fingerprint density at radius 2 is 1.81 bits per heavy atom. The second-order valence-corrected chi connectivity index (χ2v) is 6.93. The number of nitrogens with zero attached hydrogens (tertiary/aromatic N) is 2. The lowest BCUT2D eigenvalue weighted by molar-refractivity contribution is -0.129. The Hall–Kier alpha value is -3.02. The molecule has 6 nitrogen and oxygen atoms in total. The van der Waals surface area contributed by atoms with E-state index in [1.165, 1.54) is 0 Å². The van der Waals surface area contributed by atoms with Crippen molar-refractivity contribution in [1.82, 2.24) is 4.90 Å². The predicted molar refractivity (Wildman–Crippen MR) is 101 cm³/mol. The predicted octanol–water partition coefficient (Wildman–Crippen LogP) is 2.74. The topological polar surface area (TPSA) is 59.1 Å². The number of benzene rings is 2. The van der Waals surface area contributed by atoms with E-state index >= 15 is 0 Å². The number of carbonyl (C=O) groups excluding carboxylic acids is 2. The molecular weight excluding hydrogens is 344 g/mol. The summed E-state index contributed by atoms with van der Waals surface area (Å²) in [6, 6.07) is 13.4. The Morgan fingerprint density at radius 1 is 1.07 bits per heavy atom. The summed E-state index contributed by atoms with van der Waals surface area (Å²) in [5.41, 5.74) is 2.84. The maximum Gasteiger partial charge on any atom is 0.231 e. The first-order chi connectivity index (χ1) is 13.1. The van der Waals surface area contributed by atoms with Crippen LogP contribution >= 0.6 is 0 Å². The fraction of sp³-hybridized carbons (Fsp3) is 0.333. The maximum atomic E-state index is 12.5. The van der Waals surface area contributed by atoms with E-state index in [4.69, 9.17) is 9.47 Å². The number of amides is 2. The Bertz CT molecular complexity index is 863. The third-order valence-electron chi connectivity index (χ3n) is 4.96. The molecule has 2 aliphatic rings. The molecule has 0 unspecified atom stereocenters. The summed E-state index contributed by atoms with van der Waals surface area (Å²) in [5, 5.41) is 0. The molecular formula is C21H22N2O4. The fourth-order valence-electron chi connectivity index (χ4n) is 3.43. The summed E-state index contributed by atoms with van der Waals surface area (Å²) in [4.78, 5) is 27.9. The molecule has 0 atom stereocenters. The van der Waals surface area contributed by atoms with E-state index in [0.29, 0.717) is 19.4 Å². The molecule has 1 saturated heterocycles. The molecule has 0 aromatic heterocycles. The van der Waals surface area contributed by atoms with Crippen molar-refractivity contribution >= 4 is 17.5 Å². The van der Waals surface area contributed by atoms with Gasteiger partial charge < -0.3 is 19.3 Å². The molecule has 0 N–H and O–H groups in total. The van der Waals surface area contributed by atoms with Crippen LogP contribution < -0.4 is 14.4 Å². The van der Waals surface area contributed by atoms with E-state index in [2.05, 4.69) is 0 Å². The van der Waals surface area contributed by atoms with Crippen LogP contribution in [0.3, 0.4) is 0 Å². The van der Waals surface area contributed by atoms with Crippen molar-refractivity contribution in [2.45, 2.75) is 25.8 Å². The Kier molecular flexibility index (Phi) is 4.71. The van der Waals surface area contributed by atoms with Crippen LogP contribution in [-0.2, 0) is 22.6 Å². The van der Waals surface area contributed by atoms with Crippen LogP contribution in [0.25, 0.3) is 0 Å². The Labute approximate surface area is 158 Å². The maximum absolute atomic E-state index is 12.5. The lowest BCUT2D eigenvalue weighted by Crippen LogP contribution is -2.27. The minimum atomic E-state index is 0.0395. The van der Waals surface area contributed by atoms with E-state index in [9.17, 15) is 9.59 Å². The van der Waals surface area contributed by atoms with Gasteiger partial charge in [0, 0.05) is 32.2 Å². The Morgan fingerprint density at radius 3 is 2.56 bits per heavy atom. The van der Waals surface area contributed by atoms with Crippen molar-refractivity contribution in [3.63, 3.8) is 0 Å². The van der Waals surface area contributed by atoms with Gasteiger partial charge in [0.1, 0.15) is 0 Å². The van der Waals surface area contributed by atoms with Gasteiger partial charge in [0.05, 0.1) is 6.42 Å². The zero-order chi connectivity index (χ0) is 18.8. The zero-order valence-corrected chi connectivity index (χ0v) is 15.3. The quantitative estimate of drug-likeness (QED) is 0.816. The van der Waals surface area contributed by atoms with Crippen molar-refractivity contribution in [2.24, 2.45) is 0 Å². The molecule has 27 heavy (non-hydrogen) atoms. The minimum Gasteiger partial charge on any atom is -0.454 e. The highest BCUT2D eigenvalue weighted by atomic mass is 16.7. The monoisotopic (exact) mass is 366 g/mol. The molecule has 0 radical (unpaired) electrons. The SMILES string of the molecule is CN(Cc1ccc2c(c1)OCO2)C(=O)Cc1ccc(N2CCCC2=O)cc1. The molecule has 140 valence electrons. The van der Waals surface area contributed by atoms with Gasteiger partial charge in [-0.2, -0.15) is 0 Å². The molecule has 0 aliphatic carbocycles. The second kappa shape index (κ2) is 7.31. The lowest BCUT2D eigenvalue weighted by atomic mass is 10.1. The zero-order valence-electron chi connectivity index (χ0n) is 15.3. The average Bonchev–Trinajstić information content (AvgIpc) is 3.30. The van der Waals surface area contributed by atoms with Crippen molar-refractivity contribution in [3.05, 3.63) is 53.6 Å². The molecule has 1 fully saturated rings. The molecule has 2 aromatic carbocycles. The van der Waals surface area contributed by atoms with Gasteiger partial charge in [-0.25, -0.2) is 0 Å². The molecule has 4 rings (SSSR count). The van der Waals surface area contributed by atoms with Crippen LogP contribution in [0.2, 0.25) is 0 Å². The number of ether oxygens (including phenoxy) is 2.